The topological polar surface area (TPSA) is 90.0 Å². The Bertz CT molecular complexity index is 1370. The van der Waals surface area contributed by atoms with Crippen LogP contribution in [-0.4, -0.2) is 26.4 Å². The predicted octanol–water partition coefficient (Wildman–Crippen LogP) is 5.01. The highest BCUT2D eigenvalue weighted by molar-refractivity contribution is 7.99. The average molecular weight is 487 g/mol. The number of hydrogen-bond donors (Lipinski definition) is 1. The van der Waals surface area contributed by atoms with Gasteiger partial charge in [-0.15, -0.1) is 11.3 Å². The van der Waals surface area contributed by atoms with E-state index in [9.17, 15) is 9.59 Å². The molecule has 0 atom stereocenters. The van der Waals surface area contributed by atoms with Crippen molar-refractivity contribution >= 4 is 56.7 Å². The number of thiophene rings is 1. The molecule has 5 rings (SSSR count). The number of anilines is 1. The molecule has 164 valence electrons. The number of amides is 1. The summed E-state index contributed by atoms with van der Waals surface area (Å²) in [4.78, 5) is 32.9. The smallest absolute Gasteiger partial charge is 0.267 e. The summed E-state index contributed by atoms with van der Waals surface area (Å²) in [7, 11) is 0. The minimum Gasteiger partial charge on any atom is -0.338 e. The van der Waals surface area contributed by atoms with Crippen molar-refractivity contribution in [2.45, 2.75) is 37.8 Å². The first-order valence-corrected chi connectivity index (χ1v) is 12.4. The molecule has 1 aliphatic carbocycles. The highest BCUT2D eigenvalue weighted by Gasteiger charge is 2.23. The molecule has 4 aromatic rings. The number of aromatic nitrogens is 3. The van der Waals surface area contributed by atoms with Crippen molar-refractivity contribution < 1.29 is 9.32 Å². The van der Waals surface area contributed by atoms with Gasteiger partial charge in [0, 0.05) is 16.0 Å². The molecule has 1 N–H and O–H groups in total. The molecule has 0 spiro atoms. The Balaban J connectivity index is 1.54. The maximum atomic E-state index is 13.7. The van der Waals surface area contributed by atoms with Crippen LogP contribution in [0.1, 0.15) is 29.0 Å². The van der Waals surface area contributed by atoms with Crippen molar-refractivity contribution in [2.24, 2.45) is 0 Å². The second-order valence-electron chi connectivity index (χ2n) is 7.57. The van der Waals surface area contributed by atoms with Crippen LogP contribution in [0.3, 0.4) is 0 Å². The van der Waals surface area contributed by atoms with E-state index in [1.807, 2.05) is 0 Å². The van der Waals surface area contributed by atoms with Crippen LogP contribution in [0.15, 0.2) is 44.8 Å². The van der Waals surface area contributed by atoms with Crippen molar-refractivity contribution in [1.29, 1.82) is 0 Å². The van der Waals surface area contributed by atoms with Gasteiger partial charge in [-0.2, -0.15) is 0 Å². The molecule has 1 aliphatic rings. The Kier molecular flexibility index (Phi) is 5.79. The van der Waals surface area contributed by atoms with E-state index in [1.165, 1.54) is 16.6 Å². The second-order valence-corrected chi connectivity index (χ2v) is 10.0. The van der Waals surface area contributed by atoms with E-state index in [-0.39, 0.29) is 23.1 Å². The lowest BCUT2D eigenvalue weighted by Gasteiger charge is -2.13. The third kappa shape index (κ3) is 4.07. The van der Waals surface area contributed by atoms with Crippen LogP contribution < -0.4 is 10.9 Å². The Labute approximate surface area is 196 Å². The third-order valence-corrected chi connectivity index (χ3v) is 7.64. The van der Waals surface area contributed by atoms with Crippen LogP contribution in [0.5, 0.6) is 0 Å². The van der Waals surface area contributed by atoms with Crippen LogP contribution in [0.25, 0.3) is 15.9 Å². The second kappa shape index (κ2) is 8.73. The maximum Gasteiger partial charge on any atom is 0.267 e. The third-order valence-electron chi connectivity index (χ3n) is 5.27. The highest BCUT2D eigenvalue weighted by atomic mass is 35.5. The summed E-state index contributed by atoms with van der Waals surface area (Å²) >= 11 is 8.86. The van der Waals surface area contributed by atoms with Gasteiger partial charge in [0.05, 0.1) is 22.5 Å². The molecule has 0 bridgehead atoms. The highest BCUT2D eigenvalue weighted by Crippen LogP contribution is 2.35. The monoisotopic (exact) mass is 486 g/mol. The standard InChI is InChI=1S/C22H19ClN4O3S2/c1-12-10-18(30-26-12)24-17(28)11-31-22-25-20-19(15-4-2-3-5-16(15)32-20)21(29)27(22)14-8-6-13(23)7-9-14/h6-10H,2-5,11H2,1H3,(H,24,28). The van der Waals surface area contributed by atoms with E-state index in [1.54, 1.807) is 53.2 Å². The van der Waals surface area contributed by atoms with Crippen LogP contribution in [0, 0.1) is 6.92 Å². The lowest BCUT2D eigenvalue weighted by molar-refractivity contribution is -0.113. The minimum absolute atomic E-state index is 0.0658. The molecule has 3 heterocycles. The Morgan fingerprint density at radius 1 is 1.28 bits per heavy atom. The predicted molar refractivity (Wildman–Crippen MR) is 127 cm³/mol. The number of nitrogens with one attached hydrogen (secondary N) is 1. The molecule has 10 heteroatoms. The number of carbonyl (C=O) groups excluding carboxylic acids is 1. The SMILES string of the molecule is Cc1cc(NC(=O)CSc2nc3sc4c(c3c(=O)n2-c2ccc(Cl)cc2)CCCC4)on1. The number of hydrogen-bond acceptors (Lipinski definition) is 7. The number of fused-ring (bicyclic) bond motifs is 3. The fourth-order valence-corrected chi connectivity index (χ4v) is 6.07. The molecule has 32 heavy (non-hydrogen) atoms. The van der Waals surface area contributed by atoms with Crippen LogP contribution in [-0.2, 0) is 17.6 Å². The van der Waals surface area contributed by atoms with Gasteiger partial charge in [-0.1, -0.05) is 28.5 Å². The number of rotatable bonds is 5. The first kappa shape index (κ1) is 21.2. The zero-order valence-electron chi connectivity index (χ0n) is 17.2. The van der Waals surface area contributed by atoms with Crippen LogP contribution >= 0.6 is 34.7 Å². The summed E-state index contributed by atoms with van der Waals surface area (Å²) in [6.45, 7) is 1.78. The molecule has 7 nitrogen and oxygen atoms in total. The molecule has 0 saturated carbocycles. The average Bonchev–Trinajstić information content (AvgIpc) is 3.36. The van der Waals surface area contributed by atoms with Crippen molar-refractivity contribution in [2.75, 3.05) is 11.1 Å². The molecule has 0 saturated heterocycles. The number of halogens is 1. The Morgan fingerprint density at radius 3 is 2.81 bits per heavy atom. The van der Waals surface area contributed by atoms with E-state index in [0.717, 1.165) is 36.1 Å². The number of aryl methyl sites for hydroxylation is 3. The molecule has 0 fully saturated rings. The summed E-state index contributed by atoms with van der Waals surface area (Å²) in [5, 5.41) is 8.18. The summed E-state index contributed by atoms with van der Waals surface area (Å²) in [5.41, 5.74) is 2.37. The zero-order valence-corrected chi connectivity index (χ0v) is 19.6. The molecule has 0 aliphatic heterocycles. The lowest BCUT2D eigenvalue weighted by atomic mass is 9.97. The van der Waals surface area contributed by atoms with Gasteiger partial charge in [0.1, 0.15) is 4.83 Å². The fraction of sp³-hybridized carbons (Fsp3) is 0.273. The molecule has 1 amide bonds. The van der Waals surface area contributed by atoms with E-state index in [2.05, 4.69) is 10.5 Å². The molecule has 1 aromatic carbocycles. The number of thioether (sulfide) groups is 1. The lowest BCUT2D eigenvalue weighted by Crippen LogP contribution is -2.23. The van der Waals surface area contributed by atoms with E-state index >= 15 is 0 Å². The van der Waals surface area contributed by atoms with Crippen LogP contribution in [0.2, 0.25) is 5.02 Å². The van der Waals surface area contributed by atoms with Crippen molar-refractivity contribution in [3.8, 4) is 5.69 Å². The quantitative estimate of drug-likeness (QED) is 0.315. The zero-order chi connectivity index (χ0) is 22.2. The molecular formula is C22H19ClN4O3S2. The Morgan fingerprint density at radius 2 is 2.06 bits per heavy atom. The van der Waals surface area contributed by atoms with Gasteiger partial charge in [0.25, 0.3) is 5.56 Å². The Hall–Kier alpha value is -2.62. The normalized spacial score (nSPS) is 13.3. The van der Waals surface area contributed by atoms with Gasteiger partial charge in [0.15, 0.2) is 5.16 Å². The summed E-state index contributed by atoms with van der Waals surface area (Å²) in [6.07, 6.45) is 4.10. The molecule has 0 radical (unpaired) electrons. The number of carbonyl (C=O) groups is 1. The van der Waals surface area contributed by atoms with E-state index in [0.29, 0.717) is 26.9 Å². The first-order valence-electron chi connectivity index (χ1n) is 10.2. The maximum absolute atomic E-state index is 13.7. The summed E-state index contributed by atoms with van der Waals surface area (Å²) in [5.74, 6) is 0.0854. The molecule has 0 unspecified atom stereocenters. The van der Waals surface area contributed by atoms with Gasteiger partial charge in [0.2, 0.25) is 11.8 Å². The van der Waals surface area contributed by atoms with Crippen molar-refractivity contribution in [1.82, 2.24) is 14.7 Å². The largest absolute Gasteiger partial charge is 0.338 e. The number of benzene rings is 1. The van der Waals surface area contributed by atoms with Gasteiger partial charge in [-0.05, 0) is 62.4 Å². The van der Waals surface area contributed by atoms with Gasteiger partial charge >= 0.3 is 0 Å². The summed E-state index contributed by atoms with van der Waals surface area (Å²) in [6, 6.07) is 8.70. The van der Waals surface area contributed by atoms with Crippen molar-refractivity contribution in [3.05, 3.63) is 61.8 Å². The number of nitrogens with zero attached hydrogens (tertiary/aromatic N) is 3. The van der Waals surface area contributed by atoms with E-state index < -0.39 is 0 Å². The minimum atomic E-state index is -0.270. The fourth-order valence-electron chi connectivity index (χ4n) is 3.83. The van der Waals surface area contributed by atoms with Gasteiger partial charge < -0.3 is 4.52 Å². The molecule has 3 aromatic heterocycles. The van der Waals surface area contributed by atoms with Crippen molar-refractivity contribution in [3.63, 3.8) is 0 Å². The van der Waals surface area contributed by atoms with Gasteiger partial charge in [-0.3, -0.25) is 19.5 Å². The van der Waals surface area contributed by atoms with E-state index in [4.69, 9.17) is 21.1 Å². The molecular weight excluding hydrogens is 468 g/mol. The van der Waals surface area contributed by atoms with Gasteiger partial charge in [-0.25, -0.2) is 4.98 Å². The van der Waals surface area contributed by atoms with Crippen LogP contribution in [0.4, 0.5) is 5.88 Å². The summed E-state index contributed by atoms with van der Waals surface area (Å²) < 4.78 is 6.62. The first-order chi connectivity index (χ1) is 15.5.